The SMILES string of the molecule is CCNC(=NCCn1ccnc1)N1CC2CCCCC2C1.I. The lowest BCUT2D eigenvalue weighted by Crippen LogP contribution is -2.40. The first kappa shape index (κ1) is 17.6. The summed E-state index contributed by atoms with van der Waals surface area (Å²) in [7, 11) is 0. The van der Waals surface area contributed by atoms with E-state index in [0.29, 0.717) is 0 Å². The molecule has 0 aromatic carbocycles. The van der Waals surface area contributed by atoms with Crippen molar-refractivity contribution in [2.75, 3.05) is 26.2 Å². The largest absolute Gasteiger partial charge is 0.357 e. The van der Waals surface area contributed by atoms with Gasteiger partial charge in [-0.05, 0) is 31.6 Å². The van der Waals surface area contributed by atoms with Gasteiger partial charge in [-0.3, -0.25) is 4.99 Å². The predicted molar refractivity (Wildman–Crippen MR) is 101 cm³/mol. The van der Waals surface area contributed by atoms with E-state index in [4.69, 9.17) is 4.99 Å². The molecular weight excluding hydrogens is 389 g/mol. The predicted octanol–water partition coefficient (Wildman–Crippen LogP) is 2.59. The maximum Gasteiger partial charge on any atom is 0.193 e. The van der Waals surface area contributed by atoms with E-state index in [1.807, 2.05) is 18.7 Å². The minimum absolute atomic E-state index is 0. The molecule has 2 atom stereocenters. The zero-order valence-electron chi connectivity index (χ0n) is 13.4. The minimum Gasteiger partial charge on any atom is -0.357 e. The number of nitrogens with one attached hydrogen (secondary N) is 1. The van der Waals surface area contributed by atoms with Crippen molar-refractivity contribution in [1.29, 1.82) is 0 Å². The quantitative estimate of drug-likeness (QED) is 0.466. The van der Waals surface area contributed by atoms with Crippen LogP contribution in [0.2, 0.25) is 0 Å². The second kappa shape index (κ2) is 8.74. The number of imidazole rings is 1. The third-order valence-electron chi connectivity index (χ3n) is 4.79. The van der Waals surface area contributed by atoms with Gasteiger partial charge >= 0.3 is 0 Å². The van der Waals surface area contributed by atoms with Gasteiger partial charge in [0, 0.05) is 38.6 Å². The number of aromatic nitrogens is 2. The van der Waals surface area contributed by atoms with Gasteiger partial charge < -0.3 is 14.8 Å². The molecule has 1 aliphatic heterocycles. The summed E-state index contributed by atoms with van der Waals surface area (Å²) in [5.41, 5.74) is 0. The summed E-state index contributed by atoms with van der Waals surface area (Å²) in [5, 5.41) is 3.47. The molecule has 3 rings (SSSR count). The monoisotopic (exact) mass is 417 g/mol. The third kappa shape index (κ3) is 4.36. The molecule has 2 unspecified atom stereocenters. The molecule has 0 bridgehead atoms. The molecule has 1 aliphatic carbocycles. The number of nitrogens with zero attached hydrogens (tertiary/aromatic N) is 4. The summed E-state index contributed by atoms with van der Waals surface area (Å²) < 4.78 is 2.08. The Labute approximate surface area is 150 Å². The molecule has 0 radical (unpaired) electrons. The van der Waals surface area contributed by atoms with Crippen molar-refractivity contribution in [2.24, 2.45) is 16.8 Å². The Hall–Kier alpha value is -0.790. The maximum atomic E-state index is 4.81. The van der Waals surface area contributed by atoms with Crippen molar-refractivity contribution in [1.82, 2.24) is 19.8 Å². The first-order chi connectivity index (χ1) is 10.4. The molecule has 124 valence electrons. The fourth-order valence-corrected chi connectivity index (χ4v) is 3.69. The fourth-order valence-electron chi connectivity index (χ4n) is 3.69. The summed E-state index contributed by atoms with van der Waals surface area (Å²) in [4.78, 5) is 11.4. The topological polar surface area (TPSA) is 45.5 Å². The number of hydrogen-bond donors (Lipinski definition) is 1. The number of aliphatic imine (C=N–C) groups is 1. The Balaban J connectivity index is 0.00000176. The molecule has 5 nitrogen and oxygen atoms in total. The van der Waals surface area contributed by atoms with E-state index in [1.54, 1.807) is 0 Å². The highest BCUT2D eigenvalue weighted by atomic mass is 127. The highest BCUT2D eigenvalue weighted by Gasteiger charge is 2.35. The highest BCUT2D eigenvalue weighted by Crippen LogP contribution is 2.35. The number of guanidine groups is 1. The summed E-state index contributed by atoms with van der Waals surface area (Å²) in [6, 6.07) is 0. The molecule has 1 N–H and O–H groups in total. The summed E-state index contributed by atoms with van der Waals surface area (Å²) >= 11 is 0. The van der Waals surface area contributed by atoms with Crippen molar-refractivity contribution in [3.63, 3.8) is 0 Å². The van der Waals surface area contributed by atoms with Crippen molar-refractivity contribution in [3.8, 4) is 0 Å². The average Bonchev–Trinajstić information content (AvgIpc) is 3.15. The van der Waals surface area contributed by atoms with E-state index < -0.39 is 0 Å². The number of likely N-dealkylation sites (tertiary alicyclic amines) is 1. The third-order valence-corrected chi connectivity index (χ3v) is 4.79. The lowest BCUT2D eigenvalue weighted by molar-refractivity contribution is 0.299. The molecule has 2 aliphatic rings. The average molecular weight is 417 g/mol. The Morgan fingerprint density at radius 3 is 2.59 bits per heavy atom. The molecular formula is C16H28IN5. The molecule has 0 spiro atoms. The second-order valence-electron chi connectivity index (χ2n) is 6.25. The summed E-state index contributed by atoms with van der Waals surface area (Å²) in [6.45, 7) is 7.19. The van der Waals surface area contributed by atoms with Crippen molar-refractivity contribution < 1.29 is 0 Å². The van der Waals surface area contributed by atoms with Crippen LogP contribution >= 0.6 is 24.0 Å². The van der Waals surface area contributed by atoms with Gasteiger partial charge in [0.1, 0.15) is 0 Å². The molecule has 2 heterocycles. The molecule has 6 heteroatoms. The summed E-state index contributed by atoms with van der Waals surface area (Å²) in [6.07, 6.45) is 11.3. The molecule has 0 amide bonds. The standard InChI is InChI=1S/C16H27N5.HI/c1-2-18-16(19-8-10-20-9-7-17-13-20)21-11-14-5-3-4-6-15(14)12-21;/h7,9,13-15H,2-6,8,10-12H2,1H3,(H,18,19);1H. The lowest BCUT2D eigenvalue weighted by atomic mass is 9.82. The van der Waals surface area contributed by atoms with E-state index in [-0.39, 0.29) is 24.0 Å². The van der Waals surface area contributed by atoms with Gasteiger partial charge in [0.15, 0.2) is 5.96 Å². The van der Waals surface area contributed by atoms with Crippen LogP contribution in [0.1, 0.15) is 32.6 Å². The molecule has 1 saturated carbocycles. The number of halogens is 1. The fraction of sp³-hybridized carbons (Fsp3) is 0.750. The molecule has 2 fully saturated rings. The van der Waals surface area contributed by atoms with Gasteiger partial charge in [0.25, 0.3) is 0 Å². The number of hydrogen-bond acceptors (Lipinski definition) is 2. The van der Waals surface area contributed by atoms with E-state index in [1.165, 1.54) is 38.8 Å². The normalized spacial score (nSPS) is 24.8. The van der Waals surface area contributed by atoms with Crippen LogP contribution < -0.4 is 5.32 Å². The molecule has 22 heavy (non-hydrogen) atoms. The molecule has 1 aromatic heterocycles. The van der Waals surface area contributed by atoms with Crippen molar-refractivity contribution in [2.45, 2.75) is 39.2 Å². The Bertz CT molecular complexity index is 445. The van der Waals surface area contributed by atoms with E-state index >= 15 is 0 Å². The van der Waals surface area contributed by atoms with Crippen LogP contribution in [0.5, 0.6) is 0 Å². The van der Waals surface area contributed by atoms with Gasteiger partial charge in [-0.15, -0.1) is 24.0 Å². The Morgan fingerprint density at radius 2 is 2.00 bits per heavy atom. The van der Waals surface area contributed by atoms with E-state index in [2.05, 4.69) is 26.7 Å². The molecule has 1 saturated heterocycles. The lowest BCUT2D eigenvalue weighted by Gasteiger charge is -2.22. The first-order valence-electron chi connectivity index (χ1n) is 8.36. The number of rotatable bonds is 4. The van der Waals surface area contributed by atoms with Crippen LogP contribution in [-0.2, 0) is 6.54 Å². The summed E-state index contributed by atoms with van der Waals surface area (Å²) in [5.74, 6) is 2.90. The zero-order valence-corrected chi connectivity index (χ0v) is 15.8. The van der Waals surface area contributed by atoms with Crippen LogP contribution in [0.15, 0.2) is 23.7 Å². The van der Waals surface area contributed by atoms with E-state index in [0.717, 1.165) is 37.4 Å². The van der Waals surface area contributed by atoms with E-state index in [9.17, 15) is 0 Å². The van der Waals surface area contributed by atoms with Crippen molar-refractivity contribution in [3.05, 3.63) is 18.7 Å². The Morgan fingerprint density at radius 1 is 1.27 bits per heavy atom. The van der Waals surface area contributed by atoms with Crippen LogP contribution in [0.4, 0.5) is 0 Å². The second-order valence-corrected chi connectivity index (χ2v) is 6.25. The number of fused-ring (bicyclic) bond motifs is 1. The van der Waals surface area contributed by atoms with Crippen molar-refractivity contribution >= 4 is 29.9 Å². The highest BCUT2D eigenvalue weighted by molar-refractivity contribution is 14.0. The maximum absolute atomic E-state index is 4.81. The van der Waals surface area contributed by atoms with Gasteiger partial charge in [-0.1, -0.05) is 12.8 Å². The Kier molecular flexibility index (Phi) is 6.98. The van der Waals surface area contributed by atoms with Gasteiger partial charge in [0.2, 0.25) is 0 Å². The zero-order chi connectivity index (χ0) is 14.5. The van der Waals surface area contributed by atoms with Crippen LogP contribution in [-0.4, -0.2) is 46.6 Å². The van der Waals surface area contributed by atoms with Gasteiger partial charge in [-0.25, -0.2) is 4.98 Å². The smallest absolute Gasteiger partial charge is 0.193 e. The van der Waals surface area contributed by atoms with Gasteiger partial charge in [-0.2, -0.15) is 0 Å². The van der Waals surface area contributed by atoms with Crippen LogP contribution in [0.3, 0.4) is 0 Å². The molecule has 1 aromatic rings. The minimum atomic E-state index is 0. The first-order valence-corrected chi connectivity index (χ1v) is 8.36. The van der Waals surface area contributed by atoms with Crippen LogP contribution in [0, 0.1) is 11.8 Å². The van der Waals surface area contributed by atoms with Gasteiger partial charge in [0.05, 0.1) is 12.9 Å². The van der Waals surface area contributed by atoms with Crippen LogP contribution in [0.25, 0.3) is 0 Å².